The van der Waals surface area contributed by atoms with Crippen molar-refractivity contribution < 1.29 is 0 Å². The maximum Gasteiger partial charge on any atom is 0.164 e. The molecule has 0 unspecified atom stereocenters. The van der Waals surface area contributed by atoms with Crippen molar-refractivity contribution in [2.75, 3.05) is 0 Å². The molecule has 0 fully saturated rings. The molecule has 0 radical (unpaired) electrons. The first-order valence-electron chi connectivity index (χ1n) is 21.3. The van der Waals surface area contributed by atoms with Crippen LogP contribution in [0.2, 0.25) is 0 Å². The fourth-order valence-electron chi connectivity index (χ4n) is 9.72. The highest BCUT2D eigenvalue weighted by atomic mass is 15.0. The predicted octanol–water partition coefficient (Wildman–Crippen LogP) is 14.8. The molecule has 6 nitrogen and oxygen atoms in total. The summed E-state index contributed by atoms with van der Waals surface area (Å²) in [5.74, 6) is 1.93. The molecule has 0 aliphatic carbocycles. The van der Waals surface area contributed by atoms with Crippen molar-refractivity contribution in [3.05, 3.63) is 218 Å². The van der Waals surface area contributed by atoms with Crippen molar-refractivity contribution in [3.8, 4) is 51.2 Å². The van der Waals surface area contributed by atoms with Gasteiger partial charge in [0.2, 0.25) is 0 Å². The number of para-hydroxylation sites is 4. The summed E-state index contributed by atoms with van der Waals surface area (Å²) in [5, 5.41) is 7.44. The van der Waals surface area contributed by atoms with E-state index in [2.05, 4.69) is 171 Å². The van der Waals surface area contributed by atoms with Gasteiger partial charge in [-0.25, -0.2) is 15.0 Å². The van der Waals surface area contributed by atoms with Crippen LogP contribution in [0.1, 0.15) is 7.43 Å². The molecule has 0 amide bonds. The second-order valence-corrected chi connectivity index (χ2v) is 16.0. The summed E-state index contributed by atoms with van der Waals surface area (Å²) in [5.41, 5.74) is 13.2. The van der Waals surface area contributed by atoms with E-state index in [9.17, 15) is 0 Å². The van der Waals surface area contributed by atoms with Gasteiger partial charge in [-0.05, 0) is 84.9 Å². The van der Waals surface area contributed by atoms with Crippen molar-refractivity contribution in [1.82, 2.24) is 28.7 Å². The predicted molar refractivity (Wildman–Crippen MR) is 266 cm³/mol. The van der Waals surface area contributed by atoms with E-state index in [1.54, 1.807) is 0 Å². The molecule has 302 valence electrons. The molecule has 9 aromatic carbocycles. The number of nitrogens with zero attached hydrogens (tertiary/aromatic N) is 6. The third-order valence-corrected chi connectivity index (χ3v) is 12.5. The minimum atomic E-state index is 0. The average molecular weight is 821 g/mol. The highest BCUT2D eigenvalue weighted by Gasteiger charge is 2.21. The van der Waals surface area contributed by atoms with Gasteiger partial charge in [0.05, 0.1) is 33.1 Å². The molecule has 0 atom stereocenters. The zero-order valence-corrected chi connectivity index (χ0v) is 34.0. The molecule has 13 aromatic rings. The summed E-state index contributed by atoms with van der Waals surface area (Å²) in [4.78, 5) is 14.9. The third-order valence-electron chi connectivity index (χ3n) is 12.5. The Hall–Kier alpha value is -8.61. The minimum absolute atomic E-state index is 0. The Labute approximate surface area is 369 Å². The smallest absolute Gasteiger partial charge is 0.164 e. The second kappa shape index (κ2) is 14.8. The van der Waals surface area contributed by atoms with Crippen molar-refractivity contribution in [1.29, 1.82) is 0 Å². The molecule has 13 rings (SSSR count). The number of hydrogen-bond donors (Lipinski definition) is 0. The van der Waals surface area contributed by atoms with Gasteiger partial charge >= 0.3 is 0 Å². The number of benzene rings is 9. The van der Waals surface area contributed by atoms with Crippen LogP contribution in [0.15, 0.2) is 218 Å². The molecule has 6 heteroatoms. The van der Waals surface area contributed by atoms with Crippen molar-refractivity contribution in [2.24, 2.45) is 0 Å². The lowest BCUT2D eigenvalue weighted by Crippen LogP contribution is -2.00. The van der Waals surface area contributed by atoms with Gasteiger partial charge in [-0.15, -0.1) is 0 Å². The summed E-state index contributed by atoms with van der Waals surface area (Å²) in [6, 6.07) is 77.4. The molecule has 0 saturated heterocycles. The number of hydrogen-bond acceptors (Lipinski definition) is 3. The van der Waals surface area contributed by atoms with E-state index in [1.165, 1.54) is 54.4 Å². The fraction of sp³-hybridized carbons (Fsp3) is 0.0172. The number of fused-ring (bicyclic) bond motifs is 10. The number of aromatic nitrogens is 6. The SMILES string of the molecule is C.c1ccc(-c2nc(-c3ccccc3)nc(-c3ccc(-n4c5ccccc5c5c6c7ccccc7n(-c7ccc(-n8c9ccccc9c9ccccc98)cc7)c6ccc54)cc3)n2)cc1. The lowest BCUT2D eigenvalue weighted by molar-refractivity contribution is 1.07. The van der Waals surface area contributed by atoms with E-state index in [-0.39, 0.29) is 7.43 Å². The third kappa shape index (κ3) is 5.70. The zero-order chi connectivity index (χ0) is 41.4. The molecule has 0 aliphatic rings. The first-order chi connectivity index (χ1) is 31.3. The molecule has 0 aliphatic heterocycles. The van der Waals surface area contributed by atoms with Crippen molar-refractivity contribution in [3.63, 3.8) is 0 Å². The Kier molecular flexibility index (Phi) is 8.59. The van der Waals surface area contributed by atoms with Crippen molar-refractivity contribution >= 4 is 65.4 Å². The van der Waals surface area contributed by atoms with E-state index in [0.717, 1.165) is 44.8 Å². The maximum atomic E-state index is 4.99. The highest BCUT2D eigenvalue weighted by molar-refractivity contribution is 6.29. The van der Waals surface area contributed by atoms with Crippen LogP contribution in [0.4, 0.5) is 0 Å². The normalized spacial score (nSPS) is 11.6. The average Bonchev–Trinajstić information content (AvgIpc) is 4.00. The van der Waals surface area contributed by atoms with E-state index >= 15 is 0 Å². The Bertz CT molecular complexity index is 3770. The first-order valence-corrected chi connectivity index (χ1v) is 21.3. The van der Waals surface area contributed by atoms with Gasteiger partial charge in [0, 0.05) is 66.1 Å². The van der Waals surface area contributed by atoms with Crippen molar-refractivity contribution in [2.45, 2.75) is 7.43 Å². The van der Waals surface area contributed by atoms with Gasteiger partial charge in [-0.1, -0.05) is 141 Å². The molecule has 0 N–H and O–H groups in total. The van der Waals surface area contributed by atoms with Gasteiger partial charge in [-0.3, -0.25) is 0 Å². The number of rotatable bonds is 6. The zero-order valence-electron chi connectivity index (χ0n) is 34.0. The topological polar surface area (TPSA) is 53.5 Å². The van der Waals surface area contributed by atoms with E-state index < -0.39 is 0 Å². The van der Waals surface area contributed by atoms with Gasteiger partial charge in [0.1, 0.15) is 0 Å². The molecule has 0 spiro atoms. The van der Waals surface area contributed by atoms with Crippen LogP contribution in [0, 0.1) is 0 Å². The molecule has 4 aromatic heterocycles. The first kappa shape index (κ1) is 37.2. The lowest BCUT2D eigenvalue weighted by Gasteiger charge is -2.12. The van der Waals surface area contributed by atoms with Crippen LogP contribution in [0.5, 0.6) is 0 Å². The van der Waals surface area contributed by atoms with Gasteiger partial charge in [0.15, 0.2) is 17.5 Å². The summed E-state index contributed by atoms with van der Waals surface area (Å²) in [6.07, 6.45) is 0. The van der Waals surface area contributed by atoms with Gasteiger partial charge in [0.25, 0.3) is 0 Å². The monoisotopic (exact) mass is 820 g/mol. The Morgan fingerprint density at radius 2 is 0.516 bits per heavy atom. The summed E-state index contributed by atoms with van der Waals surface area (Å²) < 4.78 is 7.18. The molecular weight excluding hydrogens is 781 g/mol. The van der Waals surface area contributed by atoms with Crippen LogP contribution in [-0.2, 0) is 0 Å². The lowest BCUT2D eigenvalue weighted by atomic mass is 10.1. The van der Waals surface area contributed by atoms with Crippen LogP contribution in [0.3, 0.4) is 0 Å². The molecule has 0 bridgehead atoms. The molecular formula is C58H40N6. The van der Waals surface area contributed by atoms with Gasteiger partial charge in [-0.2, -0.15) is 0 Å². The minimum Gasteiger partial charge on any atom is -0.309 e. The largest absolute Gasteiger partial charge is 0.309 e. The van der Waals surface area contributed by atoms with E-state index in [1.807, 2.05) is 60.7 Å². The maximum absolute atomic E-state index is 4.99. The molecule has 64 heavy (non-hydrogen) atoms. The van der Waals surface area contributed by atoms with Crippen LogP contribution in [0.25, 0.3) is 117 Å². The summed E-state index contributed by atoms with van der Waals surface area (Å²) in [6.45, 7) is 0. The summed E-state index contributed by atoms with van der Waals surface area (Å²) >= 11 is 0. The Morgan fingerprint density at radius 1 is 0.234 bits per heavy atom. The van der Waals surface area contributed by atoms with Gasteiger partial charge < -0.3 is 13.7 Å². The van der Waals surface area contributed by atoms with Crippen LogP contribution < -0.4 is 0 Å². The Balaban J connectivity index is 0.00000433. The Morgan fingerprint density at radius 3 is 0.906 bits per heavy atom. The van der Waals surface area contributed by atoms with E-state index in [0.29, 0.717) is 17.5 Å². The highest BCUT2D eigenvalue weighted by Crippen LogP contribution is 2.43. The molecule has 0 saturated carbocycles. The van der Waals surface area contributed by atoms with E-state index in [4.69, 9.17) is 15.0 Å². The standard InChI is InChI=1S/C57H36N6.CH4/c1-3-15-37(16-4-1)55-58-56(38-17-5-2-6-18-38)60-57(59-55)39-27-29-40(30-28-39)62-49-25-13-9-21-45(49)53-51(62)35-36-52-54(53)46-22-10-14-26-50(46)63(52)42-33-31-41(32-34-42)61-47-23-11-7-19-43(47)44-20-8-12-24-48(44)61;/h1-36H;1H4. The molecule has 4 heterocycles. The van der Waals surface area contributed by atoms with Crippen LogP contribution >= 0.6 is 0 Å². The summed E-state index contributed by atoms with van der Waals surface area (Å²) in [7, 11) is 0. The van der Waals surface area contributed by atoms with Crippen LogP contribution in [-0.4, -0.2) is 28.7 Å². The quantitative estimate of drug-likeness (QED) is 0.168. The second-order valence-electron chi connectivity index (χ2n) is 16.0. The fourth-order valence-corrected chi connectivity index (χ4v) is 9.72.